The van der Waals surface area contributed by atoms with Gasteiger partial charge in [0.25, 0.3) is 5.97 Å². The van der Waals surface area contributed by atoms with Gasteiger partial charge in [-0.05, 0) is 20.3 Å². The first-order valence-corrected chi connectivity index (χ1v) is 7.52. The highest BCUT2D eigenvalue weighted by Gasteiger charge is 2.33. The number of esters is 1. The summed E-state index contributed by atoms with van der Waals surface area (Å²) >= 11 is 0. The molecule has 0 aromatic rings. The van der Waals surface area contributed by atoms with Crippen LogP contribution in [0.15, 0.2) is 0 Å². The summed E-state index contributed by atoms with van der Waals surface area (Å²) < 4.78 is 24.2. The highest BCUT2D eigenvalue weighted by atomic mass is 35.5. The van der Waals surface area contributed by atoms with Crippen LogP contribution in [0, 0.1) is 11.3 Å². The molecule has 0 aliphatic rings. The second-order valence-corrected chi connectivity index (χ2v) is 4.37. The monoisotopic (exact) mass is 387 g/mol. The standard InChI is InChI=1S/C8H16O5.C7H13NO3.ClH/c1-5-13-7(9)6-8(10-2,11-3)12-4;1-3-5(7(9)10)6(8)11-4-2;/h5-6H2,1-4H3;5,8H,3-4H2,1-2H3,(H,9,10);1H. The van der Waals surface area contributed by atoms with Crippen molar-refractivity contribution in [2.24, 2.45) is 5.92 Å². The highest BCUT2D eigenvalue weighted by molar-refractivity contribution is 5.95. The molecule has 0 saturated heterocycles. The lowest BCUT2D eigenvalue weighted by atomic mass is 10.1. The van der Waals surface area contributed by atoms with Crippen LogP contribution >= 0.6 is 12.4 Å². The number of carboxylic acid groups (broad SMARTS) is 1. The molecule has 0 heterocycles. The molecular weight excluding hydrogens is 358 g/mol. The molecule has 0 aromatic carbocycles. The Morgan fingerprint density at radius 3 is 1.72 bits per heavy atom. The van der Waals surface area contributed by atoms with Gasteiger partial charge in [0.05, 0.1) is 13.2 Å². The maximum absolute atomic E-state index is 11.1. The van der Waals surface area contributed by atoms with Gasteiger partial charge < -0.3 is 28.8 Å². The van der Waals surface area contributed by atoms with E-state index in [2.05, 4.69) is 0 Å². The molecule has 0 aliphatic heterocycles. The van der Waals surface area contributed by atoms with E-state index >= 15 is 0 Å². The van der Waals surface area contributed by atoms with Crippen molar-refractivity contribution in [2.75, 3.05) is 34.5 Å². The Labute approximate surface area is 154 Å². The number of nitrogens with one attached hydrogen (secondary N) is 1. The summed E-state index contributed by atoms with van der Waals surface area (Å²) in [6.45, 7) is 5.84. The molecule has 0 amide bonds. The Hall–Kier alpha value is -1.42. The number of halogens is 1. The van der Waals surface area contributed by atoms with E-state index in [0.717, 1.165) is 0 Å². The summed E-state index contributed by atoms with van der Waals surface area (Å²) in [6.07, 6.45) is 0.304. The fraction of sp³-hybridized carbons (Fsp3) is 0.800. The van der Waals surface area contributed by atoms with Crippen molar-refractivity contribution < 1.29 is 38.4 Å². The van der Waals surface area contributed by atoms with Gasteiger partial charge >= 0.3 is 11.9 Å². The Morgan fingerprint density at radius 2 is 1.44 bits per heavy atom. The number of ether oxygens (including phenoxy) is 5. The Kier molecular flexibility index (Phi) is 18.2. The normalized spacial score (nSPS) is 11.3. The van der Waals surface area contributed by atoms with E-state index in [4.69, 9.17) is 34.2 Å². The molecule has 150 valence electrons. The summed E-state index contributed by atoms with van der Waals surface area (Å²) in [5.41, 5.74) is 0. The Bertz CT molecular complexity index is 379. The van der Waals surface area contributed by atoms with E-state index in [1.54, 1.807) is 20.8 Å². The smallest absolute Gasteiger partial charge is 0.315 e. The molecule has 0 aromatic heterocycles. The van der Waals surface area contributed by atoms with E-state index in [0.29, 0.717) is 19.6 Å². The topological polar surface area (TPSA) is 124 Å². The van der Waals surface area contributed by atoms with E-state index in [-0.39, 0.29) is 24.7 Å². The first-order chi connectivity index (χ1) is 11.3. The molecular formula is C15H30ClNO8. The number of hydrogen-bond donors (Lipinski definition) is 2. The quantitative estimate of drug-likeness (QED) is 0.252. The van der Waals surface area contributed by atoms with Crippen LogP contribution in [0.1, 0.15) is 33.6 Å². The summed E-state index contributed by atoms with van der Waals surface area (Å²) in [5.74, 6) is -3.68. The van der Waals surface area contributed by atoms with Crippen LogP contribution < -0.4 is 0 Å². The van der Waals surface area contributed by atoms with Crippen LogP contribution in [0.5, 0.6) is 0 Å². The van der Waals surface area contributed by atoms with Crippen LogP contribution in [0.4, 0.5) is 0 Å². The summed E-state index contributed by atoms with van der Waals surface area (Å²) in [6, 6.07) is 0. The van der Waals surface area contributed by atoms with Gasteiger partial charge in [-0.2, -0.15) is 0 Å². The van der Waals surface area contributed by atoms with Crippen molar-refractivity contribution in [1.82, 2.24) is 0 Å². The summed E-state index contributed by atoms with van der Waals surface area (Å²) in [7, 11) is 4.19. The minimum absolute atomic E-state index is 0. The summed E-state index contributed by atoms with van der Waals surface area (Å²) in [4.78, 5) is 21.5. The zero-order chi connectivity index (χ0) is 19.2. The minimum atomic E-state index is -1.33. The third-order valence-corrected chi connectivity index (χ3v) is 2.92. The average Bonchev–Trinajstić information content (AvgIpc) is 2.54. The fourth-order valence-corrected chi connectivity index (χ4v) is 1.58. The van der Waals surface area contributed by atoms with Crippen LogP contribution in [-0.4, -0.2) is 63.5 Å². The van der Waals surface area contributed by atoms with Gasteiger partial charge in [0.2, 0.25) is 0 Å². The predicted octanol–water partition coefficient (Wildman–Crippen LogP) is 2.07. The van der Waals surface area contributed by atoms with Gasteiger partial charge in [-0.3, -0.25) is 15.0 Å². The molecule has 0 radical (unpaired) electrons. The highest BCUT2D eigenvalue weighted by Crippen LogP contribution is 2.17. The molecule has 1 atom stereocenters. The number of carbonyl (C=O) groups excluding carboxylic acids is 1. The molecule has 0 fully saturated rings. The second-order valence-electron chi connectivity index (χ2n) is 4.37. The molecule has 2 N–H and O–H groups in total. The number of rotatable bonds is 10. The number of aliphatic carboxylic acids is 1. The first-order valence-electron chi connectivity index (χ1n) is 7.52. The lowest BCUT2D eigenvalue weighted by Crippen LogP contribution is -2.38. The third kappa shape index (κ3) is 11.7. The molecule has 0 bridgehead atoms. The maximum Gasteiger partial charge on any atom is 0.315 e. The van der Waals surface area contributed by atoms with Crippen LogP contribution in [-0.2, 0) is 33.3 Å². The maximum atomic E-state index is 11.1. The average molecular weight is 388 g/mol. The van der Waals surface area contributed by atoms with Gasteiger partial charge in [0.1, 0.15) is 12.3 Å². The van der Waals surface area contributed by atoms with E-state index < -0.39 is 23.8 Å². The predicted molar refractivity (Wildman–Crippen MR) is 93.0 cm³/mol. The number of carbonyl (C=O) groups is 2. The molecule has 9 nitrogen and oxygen atoms in total. The van der Waals surface area contributed by atoms with Gasteiger partial charge in [-0.1, -0.05) is 6.92 Å². The summed E-state index contributed by atoms with van der Waals surface area (Å²) in [5, 5.41) is 15.7. The van der Waals surface area contributed by atoms with Crippen LogP contribution in [0.3, 0.4) is 0 Å². The van der Waals surface area contributed by atoms with Crippen molar-refractivity contribution >= 4 is 30.2 Å². The molecule has 0 spiro atoms. The zero-order valence-corrected chi connectivity index (χ0v) is 16.4. The number of hydrogen-bond acceptors (Lipinski definition) is 8. The van der Waals surface area contributed by atoms with Gasteiger partial charge in [0, 0.05) is 21.3 Å². The van der Waals surface area contributed by atoms with Gasteiger partial charge in [-0.15, -0.1) is 12.4 Å². The Morgan fingerprint density at radius 1 is 1.00 bits per heavy atom. The molecule has 0 saturated carbocycles. The van der Waals surface area contributed by atoms with Crippen molar-refractivity contribution in [3.8, 4) is 0 Å². The van der Waals surface area contributed by atoms with E-state index in [1.165, 1.54) is 21.3 Å². The molecule has 0 aliphatic carbocycles. The molecule has 0 rings (SSSR count). The van der Waals surface area contributed by atoms with Crippen LogP contribution in [0.2, 0.25) is 0 Å². The third-order valence-electron chi connectivity index (χ3n) is 2.92. The Balaban J connectivity index is -0.000000377. The van der Waals surface area contributed by atoms with Crippen molar-refractivity contribution in [2.45, 2.75) is 39.6 Å². The number of methoxy groups -OCH3 is 3. The van der Waals surface area contributed by atoms with Crippen molar-refractivity contribution in [3.05, 3.63) is 0 Å². The lowest BCUT2D eigenvalue weighted by Gasteiger charge is -2.27. The fourth-order valence-electron chi connectivity index (χ4n) is 1.58. The number of carboxylic acids is 1. The molecule has 25 heavy (non-hydrogen) atoms. The first kappa shape index (κ1) is 28.4. The van der Waals surface area contributed by atoms with E-state index in [1.807, 2.05) is 0 Å². The lowest BCUT2D eigenvalue weighted by molar-refractivity contribution is -0.352. The zero-order valence-electron chi connectivity index (χ0n) is 15.6. The van der Waals surface area contributed by atoms with Crippen LogP contribution in [0.25, 0.3) is 0 Å². The van der Waals surface area contributed by atoms with E-state index in [9.17, 15) is 9.59 Å². The molecule has 10 heteroatoms. The SMILES string of the molecule is CCOC(=N)C(CC)C(=O)O.CCOC(=O)CC(OC)(OC)OC.Cl. The second kappa shape index (κ2) is 16.1. The molecule has 1 unspecified atom stereocenters. The largest absolute Gasteiger partial charge is 0.481 e. The van der Waals surface area contributed by atoms with Crippen molar-refractivity contribution in [3.63, 3.8) is 0 Å². The minimum Gasteiger partial charge on any atom is -0.481 e. The van der Waals surface area contributed by atoms with Gasteiger partial charge in [0.15, 0.2) is 5.90 Å². The van der Waals surface area contributed by atoms with Gasteiger partial charge in [-0.25, -0.2) is 0 Å². The van der Waals surface area contributed by atoms with Crippen molar-refractivity contribution in [1.29, 1.82) is 5.41 Å².